The van der Waals surface area contributed by atoms with Gasteiger partial charge in [0.05, 0.1) is 4.83 Å². The molecule has 112 valence electrons. The molecular weight excluding hydrogens is 334 g/mol. The van der Waals surface area contributed by atoms with Crippen molar-refractivity contribution in [3.63, 3.8) is 0 Å². The van der Waals surface area contributed by atoms with Gasteiger partial charge in [0, 0.05) is 5.56 Å². The highest BCUT2D eigenvalue weighted by Gasteiger charge is 2.20. The lowest BCUT2D eigenvalue weighted by Crippen LogP contribution is -2.02. The number of benzene rings is 2. The number of aryl methyl sites for hydroxylation is 2. The van der Waals surface area contributed by atoms with Crippen molar-refractivity contribution in [1.29, 1.82) is 0 Å². The van der Waals surface area contributed by atoms with Crippen molar-refractivity contribution in [3.8, 4) is 0 Å². The maximum atomic E-state index is 14.2. The molecule has 0 bridgehead atoms. The maximum absolute atomic E-state index is 14.2. The van der Waals surface area contributed by atoms with Gasteiger partial charge in [0.15, 0.2) is 0 Å². The van der Waals surface area contributed by atoms with Crippen molar-refractivity contribution >= 4 is 15.9 Å². The van der Waals surface area contributed by atoms with E-state index in [1.165, 1.54) is 17.7 Å². The standard InChI is InChI=1S/C18H19BrF2/c1-3-4-5-13-7-9-14(10-8-13)17(19)16-15(20)11-6-12(2)18(16)21/h6-11,17H,3-5H2,1-2H3. The first-order valence-corrected chi connectivity index (χ1v) is 8.13. The van der Waals surface area contributed by atoms with Crippen molar-refractivity contribution in [2.75, 3.05) is 0 Å². The second-order valence-electron chi connectivity index (χ2n) is 5.30. The van der Waals surface area contributed by atoms with E-state index in [9.17, 15) is 8.78 Å². The molecule has 0 aliphatic rings. The summed E-state index contributed by atoms with van der Waals surface area (Å²) in [6.45, 7) is 3.80. The van der Waals surface area contributed by atoms with E-state index in [1.807, 2.05) is 24.3 Å². The van der Waals surface area contributed by atoms with Crippen LogP contribution < -0.4 is 0 Å². The van der Waals surface area contributed by atoms with Crippen LogP contribution in [0, 0.1) is 18.6 Å². The first kappa shape index (κ1) is 16.2. The van der Waals surface area contributed by atoms with Gasteiger partial charge in [-0.3, -0.25) is 0 Å². The molecule has 1 atom stereocenters. The molecule has 0 saturated heterocycles. The Labute approximate surface area is 133 Å². The average molecular weight is 353 g/mol. The topological polar surface area (TPSA) is 0 Å². The Hall–Kier alpha value is -1.22. The van der Waals surface area contributed by atoms with E-state index in [0.29, 0.717) is 5.56 Å². The fourth-order valence-corrected chi connectivity index (χ4v) is 3.04. The molecule has 0 radical (unpaired) electrons. The van der Waals surface area contributed by atoms with Crippen LogP contribution in [0.1, 0.15) is 46.8 Å². The lowest BCUT2D eigenvalue weighted by molar-refractivity contribution is 0.555. The van der Waals surface area contributed by atoms with E-state index in [1.54, 1.807) is 6.92 Å². The van der Waals surface area contributed by atoms with Crippen molar-refractivity contribution in [2.45, 2.75) is 37.9 Å². The first-order chi connectivity index (χ1) is 10.0. The summed E-state index contributed by atoms with van der Waals surface area (Å²) in [5.41, 5.74) is 2.65. The van der Waals surface area contributed by atoms with Crippen LogP contribution in [0.3, 0.4) is 0 Å². The minimum atomic E-state index is -0.518. The van der Waals surface area contributed by atoms with Gasteiger partial charge in [-0.15, -0.1) is 0 Å². The molecular formula is C18H19BrF2. The largest absolute Gasteiger partial charge is 0.207 e. The molecule has 21 heavy (non-hydrogen) atoms. The molecule has 0 nitrogen and oxygen atoms in total. The Balaban J connectivity index is 2.28. The van der Waals surface area contributed by atoms with E-state index in [-0.39, 0.29) is 5.56 Å². The van der Waals surface area contributed by atoms with Crippen molar-refractivity contribution < 1.29 is 8.78 Å². The van der Waals surface area contributed by atoms with E-state index >= 15 is 0 Å². The van der Waals surface area contributed by atoms with Crippen molar-refractivity contribution in [3.05, 3.63) is 70.3 Å². The summed E-state index contributed by atoms with van der Waals surface area (Å²) < 4.78 is 28.1. The fourth-order valence-electron chi connectivity index (χ4n) is 2.31. The van der Waals surface area contributed by atoms with Crippen LogP contribution in [-0.2, 0) is 6.42 Å². The van der Waals surface area contributed by atoms with E-state index < -0.39 is 16.5 Å². The summed E-state index contributed by atoms with van der Waals surface area (Å²) in [6.07, 6.45) is 3.34. The summed E-state index contributed by atoms with van der Waals surface area (Å²) >= 11 is 3.43. The van der Waals surface area contributed by atoms with Crippen LogP contribution in [-0.4, -0.2) is 0 Å². The molecule has 0 aromatic heterocycles. The highest BCUT2D eigenvalue weighted by atomic mass is 79.9. The minimum Gasteiger partial charge on any atom is -0.207 e. The first-order valence-electron chi connectivity index (χ1n) is 7.22. The minimum absolute atomic E-state index is 0.0799. The lowest BCUT2D eigenvalue weighted by Gasteiger charge is -2.14. The van der Waals surface area contributed by atoms with Crippen LogP contribution in [0.25, 0.3) is 0 Å². The predicted molar refractivity (Wildman–Crippen MR) is 86.9 cm³/mol. The monoisotopic (exact) mass is 352 g/mol. The molecule has 0 aliphatic carbocycles. The van der Waals surface area contributed by atoms with Gasteiger partial charge in [-0.2, -0.15) is 0 Å². The third-order valence-corrected chi connectivity index (χ3v) is 4.65. The number of halogens is 3. The van der Waals surface area contributed by atoms with Crippen LogP contribution in [0.5, 0.6) is 0 Å². The number of unbranched alkanes of at least 4 members (excludes halogenated alkanes) is 1. The van der Waals surface area contributed by atoms with Crippen molar-refractivity contribution in [2.24, 2.45) is 0 Å². The number of rotatable bonds is 5. The van der Waals surface area contributed by atoms with Gasteiger partial charge in [0.2, 0.25) is 0 Å². The fraction of sp³-hybridized carbons (Fsp3) is 0.333. The van der Waals surface area contributed by atoms with Gasteiger partial charge in [-0.1, -0.05) is 59.6 Å². The Bertz CT molecular complexity index is 605. The molecule has 0 spiro atoms. The Kier molecular flexibility index (Phi) is 5.51. The molecule has 1 unspecified atom stereocenters. The van der Waals surface area contributed by atoms with Gasteiger partial charge in [-0.25, -0.2) is 8.78 Å². The molecule has 3 heteroatoms. The van der Waals surface area contributed by atoms with Crippen LogP contribution in [0.2, 0.25) is 0 Å². The van der Waals surface area contributed by atoms with E-state index in [0.717, 1.165) is 24.8 Å². The highest BCUT2D eigenvalue weighted by molar-refractivity contribution is 9.09. The quantitative estimate of drug-likeness (QED) is 0.570. The van der Waals surface area contributed by atoms with Gasteiger partial charge < -0.3 is 0 Å². The van der Waals surface area contributed by atoms with Crippen LogP contribution >= 0.6 is 15.9 Å². The normalized spacial score (nSPS) is 12.4. The third-order valence-electron chi connectivity index (χ3n) is 3.66. The number of hydrogen-bond acceptors (Lipinski definition) is 0. The molecule has 0 aliphatic heterocycles. The highest BCUT2D eigenvalue weighted by Crippen LogP contribution is 2.35. The number of alkyl halides is 1. The summed E-state index contributed by atoms with van der Waals surface area (Å²) in [4.78, 5) is -0.474. The smallest absolute Gasteiger partial charge is 0.133 e. The number of hydrogen-bond donors (Lipinski definition) is 0. The molecule has 2 aromatic carbocycles. The summed E-state index contributed by atoms with van der Waals surface area (Å²) in [6, 6.07) is 10.7. The molecule has 0 fully saturated rings. The summed E-state index contributed by atoms with van der Waals surface area (Å²) in [7, 11) is 0. The molecule has 0 saturated carbocycles. The Morgan fingerprint density at radius 1 is 1.05 bits per heavy atom. The summed E-state index contributed by atoms with van der Waals surface area (Å²) in [5.74, 6) is -0.998. The van der Waals surface area contributed by atoms with E-state index in [2.05, 4.69) is 22.9 Å². The van der Waals surface area contributed by atoms with Gasteiger partial charge in [0.25, 0.3) is 0 Å². The van der Waals surface area contributed by atoms with Crippen molar-refractivity contribution in [1.82, 2.24) is 0 Å². The maximum Gasteiger partial charge on any atom is 0.133 e. The zero-order chi connectivity index (χ0) is 15.4. The lowest BCUT2D eigenvalue weighted by atomic mass is 9.99. The average Bonchev–Trinajstić information content (AvgIpc) is 2.49. The zero-order valence-corrected chi connectivity index (χ0v) is 13.9. The second-order valence-corrected chi connectivity index (χ2v) is 6.22. The summed E-state index contributed by atoms with van der Waals surface area (Å²) in [5, 5.41) is 0. The third kappa shape index (κ3) is 3.70. The van der Waals surface area contributed by atoms with Gasteiger partial charge >= 0.3 is 0 Å². The van der Waals surface area contributed by atoms with Gasteiger partial charge in [0.1, 0.15) is 11.6 Å². The SMILES string of the molecule is CCCCc1ccc(C(Br)c2c(F)ccc(C)c2F)cc1. The van der Waals surface area contributed by atoms with Crippen LogP contribution in [0.4, 0.5) is 8.78 Å². The van der Waals surface area contributed by atoms with E-state index in [4.69, 9.17) is 0 Å². The van der Waals surface area contributed by atoms with Crippen LogP contribution in [0.15, 0.2) is 36.4 Å². The molecule has 2 rings (SSSR count). The second kappa shape index (κ2) is 7.17. The molecule has 0 amide bonds. The molecule has 2 aromatic rings. The Morgan fingerprint density at radius 3 is 2.33 bits per heavy atom. The zero-order valence-electron chi connectivity index (χ0n) is 12.3. The van der Waals surface area contributed by atoms with Gasteiger partial charge in [-0.05, 0) is 42.5 Å². The predicted octanol–water partition coefficient (Wildman–Crippen LogP) is 6.10. The molecule has 0 N–H and O–H groups in total. The molecule has 0 heterocycles. The Morgan fingerprint density at radius 2 is 1.71 bits per heavy atom.